The molecule has 1 amide bonds. The Morgan fingerprint density at radius 1 is 1.04 bits per heavy atom. The normalized spacial score (nSPS) is 14.7. The van der Waals surface area contributed by atoms with Crippen molar-refractivity contribution in [2.24, 2.45) is 0 Å². The number of benzene rings is 2. The summed E-state index contributed by atoms with van der Waals surface area (Å²) in [4.78, 5) is 14.4. The van der Waals surface area contributed by atoms with E-state index in [4.69, 9.17) is 9.47 Å². The molecular formula is C22H28N2O3. The van der Waals surface area contributed by atoms with Crippen LogP contribution in [-0.2, 0) is 22.6 Å². The molecule has 0 spiro atoms. The van der Waals surface area contributed by atoms with Crippen molar-refractivity contribution in [2.45, 2.75) is 26.9 Å². The maximum atomic E-state index is 12.0. The fraction of sp³-hybridized carbons (Fsp3) is 0.409. The van der Waals surface area contributed by atoms with Gasteiger partial charge in [0.15, 0.2) is 6.61 Å². The third-order valence-electron chi connectivity index (χ3n) is 4.59. The molecule has 144 valence electrons. The van der Waals surface area contributed by atoms with Gasteiger partial charge in [-0.15, -0.1) is 0 Å². The van der Waals surface area contributed by atoms with Gasteiger partial charge < -0.3 is 14.8 Å². The number of hydrogen-bond donors (Lipinski definition) is 1. The van der Waals surface area contributed by atoms with Crippen molar-refractivity contribution in [1.82, 2.24) is 10.2 Å². The third-order valence-corrected chi connectivity index (χ3v) is 4.59. The summed E-state index contributed by atoms with van der Waals surface area (Å²) in [5.41, 5.74) is 4.62. The van der Waals surface area contributed by atoms with Crippen molar-refractivity contribution in [1.29, 1.82) is 0 Å². The van der Waals surface area contributed by atoms with E-state index < -0.39 is 0 Å². The minimum Gasteiger partial charge on any atom is -0.484 e. The van der Waals surface area contributed by atoms with E-state index in [2.05, 4.69) is 40.5 Å². The summed E-state index contributed by atoms with van der Waals surface area (Å²) < 4.78 is 11.0. The second-order valence-corrected chi connectivity index (χ2v) is 7.09. The number of ether oxygens (including phenoxy) is 2. The number of carbonyl (C=O) groups is 1. The first-order valence-corrected chi connectivity index (χ1v) is 9.44. The molecule has 5 nitrogen and oxygen atoms in total. The van der Waals surface area contributed by atoms with E-state index >= 15 is 0 Å². The monoisotopic (exact) mass is 368 g/mol. The van der Waals surface area contributed by atoms with Crippen molar-refractivity contribution in [2.75, 3.05) is 32.9 Å². The molecule has 2 aromatic rings. The van der Waals surface area contributed by atoms with Crippen molar-refractivity contribution >= 4 is 5.91 Å². The Morgan fingerprint density at radius 3 is 2.33 bits per heavy atom. The number of rotatable bonds is 7. The Hall–Kier alpha value is -2.37. The minimum atomic E-state index is -0.119. The Kier molecular flexibility index (Phi) is 6.85. The summed E-state index contributed by atoms with van der Waals surface area (Å²) in [6, 6.07) is 14.4. The molecule has 2 aromatic carbocycles. The molecule has 0 saturated carbocycles. The third kappa shape index (κ3) is 6.38. The molecular weight excluding hydrogens is 340 g/mol. The summed E-state index contributed by atoms with van der Waals surface area (Å²) >= 11 is 0. The Morgan fingerprint density at radius 2 is 1.67 bits per heavy atom. The topological polar surface area (TPSA) is 50.8 Å². The van der Waals surface area contributed by atoms with Crippen LogP contribution < -0.4 is 10.1 Å². The van der Waals surface area contributed by atoms with Gasteiger partial charge in [-0.05, 0) is 48.2 Å². The van der Waals surface area contributed by atoms with Crippen molar-refractivity contribution in [3.05, 3.63) is 64.7 Å². The fourth-order valence-electron chi connectivity index (χ4n) is 3.20. The van der Waals surface area contributed by atoms with E-state index in [-0.39, 0.29) is 12.5 Å². The average molecular weight is 368 g/mol. The molecule has 1 saturated heterocycles. The number of morpholine rings is 1. The Balaban J connectivity index is 1.41. The van der Waals surface area contributed by atoms with Crippen LogP contribution >= 0.6 is 0 Å². The molecule has 5 heteroatoms. The number of nitrogens with one attached hydrogen (secondary N) is 1. The zero-order chi connectivity index (χ0) is 19.1. The summed E-state index contributed by atoms with van der Waals surface area (Å²) in [6.45, 7) is 9.11. The van der Waals surface area contributed by atoms with Crippen LogP contribution in [0.3, 0.4) is 0 Å². The van der Waals surface area contributed by atoms with Gasteiger partial charge in [0.2, 0.25) is 0 Å². The van der Waals surface area contributed by atoms with Gasteiger partial charge in [0.25, 0.3) is 5.91 Å². The second-order valence-electron chi connectivity index (χ2n) is 7.09. The molecule has 0 aromatic heterocycles. The zero-order valence-electron chi connectivity index (χ0n) is 16.2. The van der Waals surface area contributed by atoms with Gasteiger partial charge in [-0.3, -0.25) is 9.69 Å². The zero-order valence-corrected chi connectivity index (χ0v) is 16.2. The summed E-state index contributed by atoms with van der Waals surface area (Å²) in [5, 5.41) is 2.91. The molecule has 3 rings (SSSR count). The highest BCUT2D eigenvalue weighted by Crippen LogP contribution is 2.16. The predicted octanol–water partition coefficient (Wildman–Crippen LogP) is 2.83. The highest BCUT2D eigenvalue weighted by Gasteiger charge is 2.10. The summed E-state index contributed by atoms with van der Waals surface area (Å²) in [6.07, 6.45) is 0. The molecule has 0 unspecified atom stereocenters. The Labute approximate surface area is 161 Å². The molecule has 1 aliphatic heterocycles. The second kappa shape index (κ2) is 9.53. The SMILES string of the molecule is Cc1cc(C)cc(OCC(=O)NCc2ccc(CN3CCOCC3)cc2)c1. The van der Waals surface area contributed by atoms with E-state index in [1.54, 1.807) is 0 Å². The van der Waals surface area contributed by atoms with Crippen LogP contribution in [0.2, 0.25) is 0 Å². The quantitative estimate of drug-likeness (QED) is 0.817. The number of amides is 1. The average Bonchev–Trinajstić information content (AvgIpc) is 2.66. The molecule has 1 heterocycles. The first-order chi connectivity index (χ1) is 13.1. The van der Waals surface area contributed by atoms with Gasteiger partial charge >= 0.3 is 0 Å². The largest absolute Gasteiger partial charge is 0.484 e. The first kappa shape index (κ1) is 19.4. The van der Waals surface area contributed by atoms with Gasteiger partial charge in [-0.1, -0.05) is 30.3 Å². The van der Waals surface area contributed by atoms with Crippen LogP contribution in [0, 0.1) is 13.8 Å². The van der Waals surface area contributed by atoms with Gasteiger partial charge in [0, 0.05) is 26.2 Å². The summed E-state index contributed by atoms with van der Waals surface area (Å²) in [5.74, 6) is 0.613. The maximum absolute atomic E-state index is 12.0. The molecule has 1 N–H and O–H groups in total. The van der Waals surface area contributed by atoms with E-state index in [1.165, 1.54) is 5.56 Å². The van der Waals surface area contributed by atoms with E-state index in [0.29, 0.717) is 6.54 Å². The summed E-state index contributed by atoms with van der Waals surface area (Å²) in [7, 11) is 0. The van der Waals surface area contributed by atoms with E-state index in [1.807, 2.05) is 26.0 Å². The van der Waals surface area contributed by atoms with Gasteiger partial charge in [0.05, 0.1) is 13.2 Å². The lowest BCUT2D eigenvalue weighted by Crippen LogP contribution is -2.35. The smallest absolute Gasteiger partial charge is 0.258 e. The van der Waals surface area contributed by atoms with Crippen LogP contribution in [-0.4, -0.2) is 43.7 Å². The van der Waals surface area contributed by atoms with Crippen molar-refractivity contribution in [3.8, 4) is 5.75 Å². The number of nitrogens with zero attached hydrogens (tertiary/aromatic N) is 1. The highest BCUT2D eigenvalue weighted by molar-refractivity contribution is 5.77. The van der Waals surface area contributed by atoms with E-state index in [0.717, 1.165) is 55.3 Å². The van der Waals surface area contributed by atoms with Gasteiger partial charge in [-0.25, -0.2) is 0 Å². The van der Waals surface area contributed by atoms with Gasteiger partial charge in [0.1, 0.15) is 5.75 Å². The van der Waals surface area contributed by atoms with E-state index in [9.17, 15) is 4.79 Å². The number of carbonyl (C=O) groups excluding carboxylic acids is 1. The maximum Gasteiger partial charge on any atom is 0.258 e. The number of aryl methyl sites for hydroxylation is 2. The molecule has 1 aliphatic rings. The van der Waals surface area contributed by atoms with Crippen LogP contribution in [0.15, 0.2) is 42.5 Å². The molecule has 0 radical (unpaired) electrons. The van der Waals surface area contributed by atoms with Crippen LogP contribution in [0.5, 0.6) is 5.75 Å². The number of hydrogen-bond acceptors (Lipinski definition) is 4. The lowest BCUT2D eigenvalue weighted by molar-refractivity contribution is -0.123. The predicted molar refractivity (Wildman–Crippen MR) is 106 cm³/mol. The molecule has 27 heavy (non-hydrogen) atoms. The lowest BCUT2D eigenvalue weighted by atomic mass is 10.1. The standard InChI is InChI=1S/C22H28N2O3/c1-17-11-18(2)13-21(12-17)27-16-22(25)23-14-19-3-5-20(6-4-19)15-24-7-9-26-10-8-24/h3-6,11-13H,7-10,14-16H2,1-2H3,(H,23,25). The van der Waals surface area contributed by atoms with Crippen LogP contribution in [0.1, 0.15) is 22.3 Å². The van der Waals surface area contributed by atoms with Crippen LogP contribution in [0.4, 0.5) is 0 Å². The first-order valence-electron chi connectivity index (χ1n) is 9.44. The van der Waals surface area contributed by atoms with Gasteiger partial charge in [-0.2, -0.15) is 0 Å². The van der Waals surface area contributed by atoms with Crippen molar-refractivity contribution < 1.29 is 14.3 Å². The fourth-order valence-corrected chi connectivity index (χ4v) is 3.20. The minimum absolute atomic E-state index is 0.0258. The lowest BCUT2D eigenvalue weighted by Gasteiger charge is -2.26. The molecule has 1 fully saturated rings. The van der Waals surface area contributed by atoms with Crippen LogP contribution in [0.25, 0.3) is 0 Å². The molecule has 0 atom stereocenters. The highest BCUT2D eigenvalue weighted by atomic mass is 16.5. The Bertz CT molecular complexity index is 732. The van der Waals surface area contributed by atoms with Crippen molar-refractivity contribution in [3.63, 3.8) is 0 Å². The molecule has 0 aliphatic carbocycles. The molecule has 0 bridgehead atoms.